The van der Waals surface area contributed by atoms with E-state index < -0.39 is 4.92 Å². The number of nitro groups is 1. The fourth-order valence-corrected chi connectivity index (χ4v) is 2.77. The summed E-state index contributed by atoms with van der Waals surface area (Å²) in [6.07, 6.45) is 1.83. The minimum Gasteiger partial charge on any atom is -0.340 e. The van der Waals surface area contributed by atoms with Crippen LogP contribution in [-0.2, 0) is 6.42 Å². The summed E-state index contributed by atoms with van der Waals surface area (Å²) in [5.74, 6) is 1.40. The van der Waals surface area contributed by atoms with E-state index in [0.717, 1.165) is 41.2 Å². The number of benzene rings is 2. The molecule has 1 aromatic heterocycles. The van der Waals surface area contributed by atoms with Gasteiger partial charge in [-0.1, -0.05) is 43.7 Å². The Kier molecular flexibility index (Phi) is 5.22. The van der Waals surface area contributed by atoms with Crippen molar-refractivity contribution < 1.29 is 4.92 Å². The molecule has 132 valence electrons. The van der Waals surface area contributed by atoms with Gasteiger partial charge in [-0.15, -0.1) is 0 Å². The molecule has 0 radical (unpaired) electrons. The molecule has 0 atom stereocenters. The van der Waals surface area contributed by atoms with Crippen LogP contribution in [0.25, 0.3) is 11.4 Å². The Balaban J connectivity index is 2.00. The average molecular weight is 348 g/mol. The minimum absolute atomic E-state index is 0.0631. The second kappa shape index (κ2) is 7.74. The molecular formula is C20H20N4O2. The zero-order chi connectivity index (χ0) is 18.5. The van der Waals surface area contributed by atoms with Crippen molar-refractivity contribution in [2.45, 2.75) is 26.7 Å². The van der Waals surface area contributed by atoms with E-state index in [0.29, 0.717) is 5.82 Å². The fourth-order valence-electron chi connectivity index (χ4n) is 2.77. The first-order valence-corrected chi connectivity index (χ1v) is 8.53. The van der Waals surface area contributed by atoms with E-state index in [1.165, 1.54) is 12.1 Å². The number of nitrogens with zero attached hydrogens (tertiary/aromatic N) is 3. The zero-order valence-corrected chi connectivity index (χ0v) is 14.8. The maximum Gasteiger partial charge on any atom is 0.269 e. The molecular weight excluding hydrogens is 328 g/mol. The first-order chi connectivity index (χ1) is 12.6. The SMILES string of the molecule is CCCc1c(C)nc(-c2ccccc2)nc1Nc1ccc([N+](=O)[O-])cc1. The van der Waals surface area contributed by atoms with Gasteiger partial charge in [-0.3, -0.25) is 10.1 Å². The van der Waals surface area contributed by atoms with E-state index in [9.17, 15) is 10.1 Å². The summed E-state index contributed by atoms with van der Waals surface area (Å²) in [4.78, 5) is 19.8. The lowest BCUT2D eigenvalue weighted by Gasteiger charge is -2.14. The topological polar surface area (TPSA) is 81.0 Å². The third-order valence-electron chi connectivity index (χ3n) is 4.09. The standard InChI is InChI=1S/C20H20N4O2/c1-3-7-18-14(2)21-19(15-8-5-4-6-9-15)23-20(18)22-16-10-12-17(13-11-16)24(25)26/h4-6,8-13H,3,7H2,1-2H3,(H,21,22,23). The summed E-state index contributed by atoms with van der Waals surface area (Å²) < 4.78 is 0. The number of nitro benzene ring substituents is 1. The Labute approximate surface area is 152 Å². The molecule has 2 aromatic carbocycles. The van der Waals surface area contributed by atoms with Crippen LogP contribution in [-0.4, -0.2) is 14.9 Å². The van der Waals surface area contributed by atoms with Gasteiger partial charge in [0.2, 0.25) is 0 Å². The van der Waals surface area contributed by atoms with Crippen LogP contribution in [0.5, 0.6) is 0 Å². The molecule has 0 bridgehead atoms. The largest absolute Gasteiger partial charge is 0.340 e. The van der Waals surface area contributed by atoms with Crippen molar-refractivity contribution >= 4 is 17.2 Å². The Morgan fingerprint density at radius 3 is 2.35 bits per heavy atom. The second-order valence-electron chi connectivity index (χ2n) is 6.00. The summed E-state index contributed by atoms with van der Waals surface area (Å²) in [6, 6.07) is 16.2. The average Bonchev–Trinajstić information content (AvgIpc) is 2.65. The highest BCUT2D eigenvalue weighted by molar-refractivity contribution is 5.65. The lowest BCUT2D eigenvalue weighted by Crippen LogP contribution is -2.06. The Bertz CT molecular complexity index is 909. The first kappa shape index (κ1) is 17.5. The van der Waals surface area contributed by atoms with Gasteiger partial charge in [0.25, 0.3) is 5.69 Å². The van der Waals surface area contributed by atoms with Gasteiger partial charge in [0, 0.05) is 34.6 Å². The van der Waals surface area contributed by atoms with Crippen molar-refractivity contribution in [2.24, 2.45) is 0 Å². The van der Waals surface area contributed by atoms with E-state index in [4.69, 9.17) is 4.98 Å². The molecule has 0 spiro atoms. The quantitative estimate of drug-likeness (QED) is 0.497. The van der Waals surface area contributed by atoms with Gasteiger partial charge >= 0.3 is 0 Å². The Morgan fingerprint density at radius 1 is 1.04 bits per heavy atom. The molecule has 6 nitrogen and oxygen atoms in total. The van der Waals surface area contributed by atoms with Crippen LogP contribution in [0.15, 0.2) is 54.6 Å². The van der Waals surface area contributed by atoms with Gasteiger partial charge in [0.05, 0.1) is 4.92 Å². The van der Waals surface area contributed by atoms with Crippen molar-refractivity contribution in [1.82, 2.24) is 9.97 Å². The number of aromatic nitrogens is 2. The van der Waals surface area contributed by atoms with Crippen LogP contribution in [0.3, 0.4) is 0 Å². The van der Waals surface area contributed by atoms with Crippen molar-refractivity contribution in [3.8, 4) is 11.4 Å². The first-order valence-electron chi connectivity index (χ1n) is 8.53. The summed E-state index contributed by atoms with van der Waals surface area (Å²) in [5, 5.41) is 14.1. The van der Waals surface area contributed by atoms with Gasteiger partial charge in [0.15, 0.2) is 5.82 Å². The smallest absolute Gasteiger partial charge is 0.269 e. The highest BCUT2D eigenvalue weighted by Crippen LogP contribution is 2.27. The normalized spacial score (nSPS) is 10.5. The Morgan fingerprint density at radius 2 is 1.73 bits per heavy atom. The molecule has 0 aliphatic heterocycles. The zero-order valence-electron chi connectivity index (χ0n) is 14.8. The molecule has 0 amide bonds. The van der Waals surface area contributed by atoms with E-state index in [1.807, 2.05) is 37.3 Å². The van der Waals surface area contributed by atoms with E-state index in [2.05, 4.69) is 17.2 Å². The molecule has 6 heteroatoms. The molecule has 0 aliphatic carbocycles. The van der Waals surface area contributed by atoms with E-state index in [1.54, 1.807) is 12.1 Å². The van der Waals surface area contributed by atoms with Crippen molar-refractivity contribution in [1.29, 1.82) is 0 Å². The molecule has 0 fully saturated rings. The van der Waals surface area contributed by atoms with Crippen LogP contribution in [0.2, 0.25) is 0 Å². The minimum atomic E-state index is -0.408. The number of rotatable bonds is 6. The summed E-state index contributed by atoms with van der Waals surface area (Å²) in [6.45, 7) is 4.10. The molecule has 3 aromatic rings. The molecule has 1 heterocycles. The number of non-ortho nitro benzene ring substituents is 1. The predicted octanol–water partition coefficient (Wildman–Crippen LogP) is 5.06. The van der Waals surface area contributed by atoms with E-state index in [-0.39, 0.29) is 5.69 Å². The maximum absolute atomic E-state index is 10.8. The number of nitrogens with one attached hydrogen (secondary N) is 1. The molecule has 0 saturated carbocycles. The van der Waals surface area contributed by atoms with Gasteiger partial charge in [-0.25, -0.2) is 9.97 Å². The molecule has 0 saturated heterocycles. The lowest BCUT2D eigenvalue weighted by atomic mass is 10.1. The highest BCUT2D eigenvalue weighted by Gasteiger charge is 2.13. The van der Waals surface area contributed by atoms with Gasteiger partial charge in [-0.2, -0.15) is 0 Å². The summed E-state index contributed by atoms with van der Waals surface area (Å²) >= 11 is 0. The van der Waals surface area contributed by atoms with Gasteiger partial charge < -0.3 is 5.32 Å². The summed E-state index contributed by atoms with van der Waals surface area (Å²) in [5.41, 5.74) is 3.76. The van der Waals surface area contributed by atoms with Gasteiger partial charge in [0.1, 0.15) is 5.82 Å². The monoisotopic (exact) mass is 348 g/mol. The predicted molar refractivity (Wildman–Crippen MR) is 103 cm³/mol. The van der Waals surface area contributed by atoms with Crippen molar-refractivity contribution in [3.05, 3.63) is 76.0 Å². The number of aryl methyl sites for hydroxylation is 1. The number of anilines is 2. The van der Waals surface area contributed by atoms with Crippen LogP contribution in [0, 0.1) is 17.0 Å². The lowest BCUT2D eigenvalue weighted by molar-refractivity contribution is -0.384. The van der Waals surface area contributed by atoms with Crippen LogP contribution in [0.1, 0.15) is 24.6 Å². The molecule has 1 N–H and O–H groups in total. The number of hydrogen-bond acceptors (Lipinski definition) is 5. The maximum atomic E-state index is 10.8. The molecule has 0 unspecified atom stereocenters. The third kappa shape index (κ3) is 3.85. The van der Waals surface area contributed by atoms with Crippen LogP contribution >= 0.6 is 0 Å². The van der Waals surface area contributed by atoms with Crippen molar-refractivity contribution in [2.75, 3.05) is 5.32 Å². The Hall–Kier alpha value is -3.28. The highest BCUT2D eigenvalue weighted by atomic mass is 16.6. The van der Waals surface area contributed by atoms with Crippen LogP contribution in [0.4, 0.5) is 17.2 Å². The van der Waals surface area contributed by atoms with Gasteiger partial charge in [-0.05, 0) is 25.5 Å². The number of hydrogen-bond donors (Lipinski definition) is 1. The van der Waals surface area contributed by atoms with E-state index >= 15 is 0 Å². The summed E-state index contributed by atoms with van der Waals surface area (Å²) in [7, 11) is 0. The molecule has 3 rings (SSSR count). The van der Waals surface area contributed by atoms with Crippen LogP contribution < -0.4 is 5.32 Å². The fraction of sp³-hybridized carbons (Fsp3) is 0.200. The molecule has 26 heavy (non-hydrogen) atoms. The second-order valence-corrected chi connectivity index (χ2v) is 6.00. The molecule has 0 aliphatic rings. The van der Waals surface area contributed by atoms with Crippen molar-refractivity contribution in [3.63, 3.8) is 0 Å². The third-order valence-corrected chi connectivity index (χ3v) is 4.09.